The minimum absolute atomic E-state index is 0. The molecule has 0 atom stereocenters. The monoisotopic (exact) mass is 394 g/mol. The van der Waals surface area contributed by atoms with E-state index in [1.54, 1.807) is 24.3 Å². The van der Waals surface area contributed by atoms with Crippen molar-refractivity contribution >= 4 is 44.9 Å². The van der Waals surface area contributed by atoms with Crippen molar-refractivity contribution in [1.82, 2.24) is 9.97 Å². The number of phenolic OH excluding ortho intramolecular Hbond substituents is 2. The Balaban J connectivity index is 0.000000529. The zero-order valence-corrected chi connectivity index (χ0v) is 17.4. The Morgan fingerprint density at radius 1 is 0.690 bits per heavy atom. The zero-order valence-electron chi connectivity index (χ0n) is 18.0. The fourth-order valence-electron chi connectivity index (χ4n) is 2.80. The molecular weight excluding hydrogens is 377 g/mol. The van der Waals surface area contributed by atoms with Crippen LogP contribution in [0.15, 0.2) is 48.5 Å². The Morgan fingerprint density at radius 2 is 1.07 bits per heavy atom. The number of hydrogen-bond acceptors (Lipinski definition) is 6. The van der Waals surface area contributed by atoms with Gasteiger partial charge in [-0.05, 0) is 62.4 Å². The maximum Gasteiger partial charge on any atom is 2.00 e. The van der Waals surface area contributed by atoms with Gasteiger partial charge in [0.2, 0.25) is 0 Å². The van der Waals surface area contributed by atoms with Crippen LogP contribution in [0.2, 0.25) is 0 Å². The topological polar surface area (TPSA) is 114 Å². The SMILES string of the molecule is Cc1ccc2c(C#N)ccc(O)c2n1.Cc1ccc2c(C#N)ccc(O)c2n1.[H-].[H-].[Mg+2]. The molecule has 0 bridgehead atoms. The van der Waals surface area contributed by atoms with Crippen LogP contribution in [0.4, 0.5) is 0 Å². The van der Waals surface area contributed by atoms with Gasteiger partial charge in [0, 0.05) is 22.2 Å². The molecule has 7 heteroatoms. The third-order valence-electron chi connectivity index (χ3n) is 4.19. The van der Waals surface area contributed by atoms with Gasteiger partial charge in [-0.2, -0.15) is 10.5 Å². The average molecular weight is 395 g/mol. The van der Waals surface area contributed by atoms with Crippen molar-refractivity contribution < 1.29 is 13.1 Å². The first-order chi connectivity index (χ1) is 13.4. The van der Waals surface area contributed by atoms with Crippen LogP contribution >= 0.6 is 0 Å². The van der Waals surface area contributed by atoms with Gasteiger partial charge in [-0.3, -0.25) is 0 Å². The Labute approximate surface area is 186 Å². The van der Waals surface area contributed by atoms with Crippen LogP contribution in [0.1, 0.15) is 25.4 Å². The number of benzene rings is 2. The Kier molecular flexibility index (Phi) is 6.95. The maximum absolute atomic E-state index is 9.54. The van der Waals surface area contributed by atoms with E-state index in [0.717, 1.165) is 11.4 Å². The van der Waals surface area contributed by atoms with Gasteiger partial charge < -0.3 is 13.1 Å². The second-order valence-electron chi connectivity index (χ2n) is 6.19. The molecule has 0 fully saturated rings. The average Bonchev–Trinajstić information content (AvgIpc) is 2.70. The van der Waals surface area contributed by atoms with E-state index in [0.29, 0.717) is 32.9 Å². The molecule has 0 radical (unpaired) electrons. The van der Waals surface area contributed by atoms with Crippen LogP contribution < -0.4 is 0 Å². The zero-order chi connectivity index (χ0) is 20.3. The van der Waals surface area contributed by atoms with Crippen LogP contribution in [0.25, 0.3) is 21.8 Å². The predicted octanol–water partition coefficient (Wildman–Crippen LogP) is 4.09. The number of nitrogens with zero attached hydrogens (tertiary/aromatic N) is 4. The summed E-state index contributed by atoms with van der Waals surface area (Å²) in [6.07, 6.45) is 0. The number of hydrogen-bond donors (Lipinski definition) is 2. The van der Waals surface area contributed by atoms with Crippen molar-refractivity contribution in [2.75, 3.05) is 0 Å². The molecule has 0 aliphatic carbocycles. The third kappa shape index (κ3) is 4.54. The summed E-state index contributed by atoms with van der Waals surface area (Å²) in [4.78, 5) is 8.37. The van der Waals surface area contributed by atoms with E-state index in [1.807, 2.05) is 26.0 Å². The number of aromatic hydroxyl groups is 2. The van der Waals surface area contributed by atoms with Gasteiger partial charge in [-0.15, -0.1) is 0 Å². The Hall–Kier alpha value is -3.39. The first-order valence-corrected chi connectivity index (χ1v) is 8.43. The summed E-state index contributed by atoms with van der Waals surface area (Å²) in [6, 6.07) is 17.5. The summed E-state index contributed by atoms with van der Waals surface area (Å²) >= 11 is 0. The minimum atomic E-state index is 0. The van der Waals surface area contributed by atoms with Gasteiger partial charge in [0.15, 0.2) is 0 Å². The van der Waals surface area contributed by atoms with Gasteiger partial charge in [-0.1, -0.05) is 0 Å². The van der Waals surface area contributed by atoms with E-state index >= 15 is 0 Å². The van der Waals surface area contributed by atoms with Gasteiger partial charge in [-0.25, -0.2) is 9.97 Å². The second-order valence-corrected chi connectivity index (χ2v) is 6.19. The second kappa shape index (κ2) is 9.20. The molecule has 2 aromatic carbocycles. The molecule has 0 spiro atoms. The number of fused-ring (bicyclic) bond motifs is 2. The maximum atomic E-state index is 9.54. The van der Waals surface area contributed by atoms with Crippen LogP contribution in [-0.4, -0.2) is 43.2 Å². The number of aromatic nitrogens is 2. The fourth-order valence-corrected chi connectivity index (χ4v) is 2.80. The van der Waals surface area contributed by atoms with Crippen molar-refractivity contribution in [2.24, 2.45) is 0 Å². The number of pyridine rings is 2. The van der Waals surface area contributed by atoms with E-state index < -0.39 is 0 Å². The van der Waals surface area contributed by atoms with E-state index in [2.05, 4.69) is 22.1 Å². The molecule has 0 aliphatic rings. The summed E-state index contributed by atoms with van der Waals surface area (Å²) in [5.41, 5.74) is 3.69. The number of phenols is 2. The molecule has 4 rings (SSSR count). The smallest absolute Gasteiger partial charge is 1.00 e. The summed E-state index contributed by atoms with van der Waals surface area (Å²) in [5.74, 6) is 0.227. The largest absolute Gasteiger partial charge is 2.00 e. The number of rotatable bonds is 0. The summed E-state index contributed by atoms with van der Waals surface area (Å²) in [6.45, 7) is 3.69. The van der Waals surface area contributed by atoms with E-state index in [1.165, 1.54) is 12.1 Å². The van der Waals surface area contributed by atoms with Crippen LogP contribution in [0, 0.1) is 36.5 Å². The van der Waals surface area contributed by atoms with Crippen LogP contribution in [0.5, 0.6) is 11.5 Å². The molecule has 4 aromatic rings. The van der Waals surface area contributed by atoms with Gasteiger partial charge >= 0.3 is 23.1 Å². The first kappa shape index (κ1) is 21.9. The van der Waals surface area contributed by atoms with Crippen molar-refractivity contribution in [2.45, 2.75) is 13.8 Å². The van der Waals surface area contributed by atoms with Crippen molar-refractivity contribution in [3.05, 3.63) is 71.0 Å². The molecule has 0 aliphatic heterocycles. The van der Waals surface area contributed by atoms with Gasteiger partial charge in [0.1, 0.15) is 22.5 Å². The predicted molar refractivity (Wildman–Crippen MR) is 114 cm³/mol. The molecule has 0 amide bonds. The fraction of sp³-hybridized carbons (Fsp3) is 0.0909. The van der Waals surface area contributed by atoms with Gasteiger partial charge in [0.05, 0.1) is 23.3 Å². The van der Waals surface area contributed by atoms with Crippen LogP contribution in [0.3, 0.4) is 0 Å². The molecule has 0 saturated carbocycles. The first-order valence-electron chi connectivity index (χ1n) is 8.43. The Bertz CT molecular complexity index is 1200. The van der Waals surface area contributed by atoms with Gasteiger partial charge in [0.25, 0.3) is 0 Å². The summed E-state index contributed by atoms with van der Waals surface area (Å²) in [7, 11) is 0. The van der Waals surface area contributed by atoms with E-state index in [-0.39, 0.29) is 37.4 Å². The minimum Gasteiger partial charge on any atom is -1.00 e. The molecule has 140 valence electrons. The van der Waals surface area contributed by atoms with E-state index in [4.69, 9.17) is 10.5 Å². The molecular formula is C22H18MgN4O2. The molecule has 0 saturated heterocycles. The molecule has 2 heterocycles. The van der Waals surface area contributed by atoms with Crippen molar-refractivity contribution in [3.63, 3.8) is 0 Å². The molecule has 0 unspecified atom stereocenters. The molecule has 29 heavy (non-hydrogen) atoms. The summed E-state index contributed by atoms with van der Waals surface area (Å²) in [5, 5.41) is 38.1. The third-order valence-corrected chi connectivity index (χ3v) is 4.19. The summed E-state index contributed by atoms with van der Waals surface area (Å²) < 4.78 is 0. The normalized spacial score (nSPS) is 9.66. The van der Waals surface area contributed by atoms with Crippen molar-refractivity contribution in [3.8, 4) is 23.6 Å². The van der Waals surface area contributed by atoms with E-state index in [9.17, 15) is 10.2 Å². The molecule has 6 nitrogen and oxygen atoms in total. The Morgan fingerprint density at radius 3 is 1.41 bits per heavy atom. The van der Waals surface area contributed by atoms with Crippen molar-refractivity contribution in [1.29, 1.82) is 10.5 Å². The number of nitriles is 2. The van der Waals surface area contributed by atoms with Crippen LogP contribution in [-0.2, 0) is 0 Å². The molecule has 2 aromatic heterocycles. The molecule has 2 N–H and O–H groups in total. The quantitative estimate of drug-likeness (QED) is 0.434. The standard InChI is InChI=1S/2C11H8N2O.Mg.2H/c2*1-7-2-4-9-8(6-12)3-5-10(14)11(9)13-7;;;/h2*2-5,14H,1H3;;;/q;;+2;2*-1. The number of aryl methyl sites for hydroxylation is 2.